The quantitative estimate of drug-likeness (QED) is 0.625. The summed E-state index contributed by atoms with van der Waals surface area (Å²) in [6.45, 7) is 7.83. The van der Waals surface area contributed by atoms with Gasteiger partial charge < -0.3 is 0 Å². The van der Waals surface area contributed by atoms with E-state index in [1.165, 1.54) is 24.8 Å². The van der Waals surface area contributed by atoms with E-state index in [1.807, 2.05) is 27.7 Å². The van der Waals surface area contributed by atoms with Crippen LogP contribution in [0.5, 0.6) is 0 Å². The van der Waals surface area contributed by atoms with Gasteiger partial charge in [-0.3, -0.25) is 0 Å². The Morgan fingerprint density at radius 1 is 1.13 bits per heavy atom. The molecule has 1 heteroatoms. The molecule has 0 aliphatic heterocycles. The van der Waals surface area contributed by atoms with Gasteiger partial charge in [0.2, 0.25) is 0 Å². The molecule has 0 bridgehead atoms. The fourth-order valence-electron chi connectivity index (χ4n) is 1.82. The molecule has 1 fully saturated rings. The van der Waals surface area contributed by atoms with Crippen LogP contribution in [0.25, 0.3) is 0 Å². The van der Waals surface area contributed by atoms with Gasteiger partial charge in [0.15, 0.2) is 0 Å². The van der Waals surface area contributed by atoms with Gasteiger partial charge in [-0.15, -0.1) is 0 Å². The summed E-state index contributed by atoms with van der Waals surface area (Å²) in [6, 6.07) is 3.86. The summed E-state index contributed by atoms with van der Waals surface area (Å²) >= 11 is 0. The van der Waals surface area contributed by atoms with E-state index in [0.29, 0.717) is 5.92 Å². The third-order valence-electron chi connectivity index (χ3n) is 3.20. The highest BCUT2D eigenvalue weighted by Gasteiger charge is 2.20. The molecule has 1 aliphatic rings. The van der Waals surface area contributed by atoms with E-state index in [2.05, 4.69) is 6.07 Å². The molecule has 0 aromatic heterocycles. The highest BCUT2D eigenvalue weighted by molar-refractivity contribution is 5.34. The molecular weight excluding hydrogens is 187 g/mol. The third kappa shape index (κ3) is 2.58. The molecule has 0 N–H and O–H groups in total. The molecule has 84 valence electrons. The highest BCUT2D eigenvalue weighted by Crippen LogP contribution is 2.37. The minimum Gasteiger partial charge on any atom is -0.207 e. The number of benzene rings is 1. The molecule has 1 aliphatic carbocycles. The van der Waals surface area contributed by atoms with Crippen LogP contribution in [-0.4, -0.2) is 0 Å². The third-order valence-corrected chi connectivity index (χ3v) is 3.20. The van der Waals surface area contributed by atoms with Crippen LogP contribution in [0, 0.1) is 19.7 Å². The van der Waals surface area contributed by atoms with Crippen molar-refractivity contribution in [1.82, 2.24) is 0 Å². The van der Waals surface area contributed by atoms with Crippen LogP contribution in [0.2, 0.25) is 0 Å². The normalized spacial score (nSPS) is 15.3. The smallest absolute Gasteiger partial charge is 0.126 e. The first-order chi connectivity index (χ1) is 7.18. The monoisotopic (exact) mass is 208 g/mol. The van der Waals surface area contributed by atoms with Gasteiger partial charge in [0.25, 0.3) is 0 Å². The van der Waals surface area contributed by atoms with Crippen LogP contribution in [0.4, 0.5) is 4.39 Å². The fourth-order valence-corrected chi connectivity index (χ4v) is 1.82. The summed E-state index contributed by atoms with van der Waals surface area (Å²) < 4.78 is 13.4. The van der Waals surface area contributed by atoms with Crippen molar-refractivity contribution in [2.24, 2.45) is 0 Å². The maximum atomic E-state index is 13.4. The van der Waals surface area contributed by atoms with E-state index in [1.54, 1.807) is 6.07 Å². The molecular formula is C14H21F. The molecule has 2 rings (SSSR count). The van der Waals surface area contributed by atoms with Crippen molar-refractivity contribution in [2.75, 3.05) is 0 Å². The molecule has 1 aromatic rings. The van der Waals surface area contributed by atoms with E-state index >= 15 is 0 Å². The van der Waals surface area contributed by atoms with Crippen molar-refractivity contribution in [3.63, 3.8) is 0 Å². The minimum absolute atomic E-state index is 0.0399. The standard InChI is InChI=1S/C12H15F.C2H6/c1-8-6-11(10-4-3-5-10)7-12(13)9(8)2;1-2/h6-7,10H,3-5H2,1-2H3;1-2H3. The zero-order valence-electron chi connectivity index (χ0n) is 10.2. The van der Waals surface area contributed by atoms with E-state index < -0.39 is 0 Å². The Balaban J connectivity index is 0.000000531. The highest BCUT2D eigenvalue weighted by atomic mass is 19.1. The summed E-state index contributed by atoms with van der Waals surface area (Å²) in [5, 5.41) is 0. The van der Waals surface area contributed by atoms with E-state index in [9.17, 15) is 4.39 Å². The van der Waals surface area contributed by atoms with Crippen LogP contribution < -0.4 is 0 Å². The molecule has 0 spiro atoms. The van der Waals surface area contributed by atoms with Crippen molar-refractivity contribution in [1.29, 1.82) is 0 Å². The van der Waals surface area contributed by atoms with Crippen LogP contribution in [0.3, 0.4) is 0 Å². The second kappa shape index (κ2) is 5.29. The molecule has 1 saturated carbocycles. The molecule has 0 unspecified atom stereocenters. The van der Waals surface area contributed by atoms with Crippen molar-refractivity contribution in [3.8, 4) is 0 Å². The van der Waals surface area contributed by atoms with E-state index in [-0.39, 0.29) is 5.82 Å². The molecule has 15 heavy (non-hydrogen) atoms. The van der Waals surface area contributed by atoms with Crippen molar-refractivity contribution >= 4 is 0 Å². The lowest BCUT2D eigenvalue weighted by atomic mass is 9.79. The largest absolute Gasteiger partial charge is 0.207 e. The van der Waals surface area contributed by atoms with E-state index in [0.717, 1.165) is 11.1 Å². The SMILES string of the molecule is CC.Cc1cc(C2CCC2)cc(F)c1C. The van der Waals surface area contributed by atoms with Gasteiger partial charge in [-0.05, 0) is 55.4 Å². The summed E-state index contributed by atoms with van der Waals surface area (Å²) in [4.78, 5) is 0. The predicted molar refractivity (Wildman–Crippen MR) is 63.8 cm³/mol. The second-order valence-corrected chi connectivity index (χ2v) is 4.07. The average molecular weight is 208 g/mol. The summed E-state index contributed by atoms with van der Waals surface area (Å²) in [5.41, 5.74) is 3.08. The van der Waals surface area contributed by atoms with Crippen LogP contribution in [0.1, 0.15) is 55.7 Å². The zero-order valence-corrected chi connectivity index (χ0v) is 10.2. The molecule has 0 atom stereocenters. The molecule has 0 radical (unpaired) electrons. The topological polar surface area (TPSA) is 0 Å². The van der Waals surface area contributed by atoms with Gasteiger partial charge in [0.05, 0.1) is 0 Å². The Bertz CT molecular complexity index is 301. The maximum absolute atomic E-state index is 13.4. The van der Waals surface area contributed by atoms with Gasteiger partial charge in [-0.25, -0.2) is 4.39 Å². The Labute approximate surface area is 92.5 Å². The average Bonchev–Trinajstić information content (AvgIpc) is 2.14. The maximum Gasteiger partial charge on any atom is 0.126 e. The van der Waals surface area contributed by atoms with Gasteiger partial charge >= 0.3 is 0 Å². The summed E-state index contributed by atoms with van der Waals surface area (Å²) in [5.74, 6) is 0.593. The number of rotatable bonds is 1. The molecule has 0 nitrogen and oxygen atoms in total. The first kappa shape index (κ1) is 12.2. The lowest BCUT2D eigenvalue weighted by molar-refractivity contribution is 0.417. The van der Waals surface area contributed by atoms with Crippen molar-refractivity contribution in [3.05, 3.63) is 34.6 Å². The van der Waals surface area contributed by atoms with Crippen LogP contribution in [0.15, 0.2) is 12.1 Å². The van der Waals surface area contributed by atoms with Crippen LogP contribution >= 0.6 is 0 Å². The van der Waals surface area contributed by atoms with Gasteiger partial charge in [-0.2, -0.15) is 0 Å². The fraction of sp³-hybridized carbons (Fsp3) is 0.571. The minimum atomic E-state index is -0.0399. The van der Waals surface area contributed by atoms with Crippen LogP contribution in [-0.2, 0) is 0 Å². The summed E-state index contributed by atoms with van der Waals surface area (Å²) in [6.07, 6.45) is 3.78. The van der Waals surface area contributed by atoms with Crippen molar-refractivity contribution in [2.45, 2.75) is 52.9 Å². The number of hydrogen-bond donors (Lipinski definition) is 0. The summed E-state index contributed by atoms with van der Waals surface area (Å²) in [7, 11) is 0. The Hall–Kier alpha value is -0.850. The van der Waals surface area contributed by atoms with Crippen molar-refractivity contribution < 1.29 is 4.39 Å². The Kier molecular flexibility index (Phi) is 4.31. The molecule has 0 saturated heterocycles. The Morgan fingerprint density at radius 3 is 2.13 bits per heavy atom. The molecule has 0 heterocycles. The molecule has 1 aromatic carbocycles. The van der Waals surface area contributed by atoms with Gasteiger partial charge in [-0.1, -0.05) is 26.3 Å². The second-order valence-electron chi connectivity index (χ2n) is 4.07. The number of hydrogen-bond acceptors (Lipinski definition) is 0. The first-order valence-corrected chi connectivity index (χ1v) is 5.95. The number of aryl methyl sites for hydroxylation is 1. The van der Waals surface area contributed by atoms with E-state index in [4.69, 9.17) is 0 Å². The Morgan fingerprint density at radius 2 is 1.73 bits per heavy atom. The van der Waals surface area contributed by atoms with Gasteiger partial charge in [0, 0.05) is 0 Å². The molecule has 0 amide bonds. The first-order valence-electron chi connectivity index (χ1n) is 5.95. The van der Waals surface area contributed by atoms with Gasteiger partial charge in [0.1, 0.15) is 5.82 Å². The predicted octanol–water partition coefficient (Wildman–Crippen LogP) is 4.74. The zero-order chi connectivity index (χ0) is 11.4. The number of halogens is 1. The lowest BCUT2D eigenvalue weighted by Crippen LogP contribution is -2.09. The lowest BCUT2D eigenvalue weighted by Gasteiger charge is -2.26.